The van der Waals surface area contributed by atoms with Crippen molar-refractivity contribution in [1.82, 2.24) is 9.55 Å². The number of nitrogens with zero attached hydrogens (tertiary/aromatic N) is 2. The molecule has 0 bridgehead atoms. The first-order chi connectivity index (χ1) is 12.8. The van der Waals surface area contributed by atoms with Crippen LogP contribution in [0, 0.1) is 6.92 Å². The highest BCUT2D eigenvalue weighted by Gasteiger charge is 2.23. The molecule has 0 radical (unpaired) electrons. The summed E-state index contributed by atoms with van der Waals surface area (Å²) in [5, 5.41) is 12.2. The van der Waals surface area contributed by atoms with Crippen LogP contribution >= 0.6 is 11.3 Å². The molecule has 1 amide bonds. The van der Waals surface area contributed by atoms with Crippen LogP contribution in [0.2, 0.25) is 0 Å². The second-order valence-electron chi connectivity index (χ2n) is 5.86. The summed E-state index contributed by atoms with van der Waals surface area (Å²) in [4.78, 5) is 41.3. The molecule has 1 atom stereocenters. The van der Waals surface area contributed by atoms with Crippen molar-refractivity contribution >= 4 is 39.1 Å². The van der Waals surface area contributed by atoms with E-state index in [2.05, 4.69) is 10.3 Å². The summed E-state index contributed by atoms with van der Waals surface area (Å²) < 4.78 is 6.40. The van der Waals surface area contributed by atoms with E-state index in [0.717, 1.165) is 11.3 Å². The van der Waals surface area contributed by atoms with Crippen molar-refractivity contribution in [2.24, 2.45) is 0 Å². The number of hydrogen-bond acceptors (Lipinski definition) is 6. The van der Waals surface area contributed by atoms with Gasteiger partial charge in [0, 0.05) is 0 Å². The number of aryl methyl sites for hydroxylation is 1. The Hall–Kier alpha value is -3.20. The van der Waals surface area contributed by atoms with Crippen molar-refractivity contribution in [2.45, 2.75) is 19.9 Å². The van der Waals surface area contributed by atoms with Gasteiger partial charge in [-0.25, -0.2) is 9.78 Å². The Morgan fingerprint density at radius 2 is 2.04 bits per heavy atom. The molecule has 2 N–H and O–H groups in total. The third-order valence-electron chi connectivity index (χ3n) is 4.23. The number of rotatable bonds is 5. The second kappa shape index (κ2) is 7.20. The number of thiophene rings is 1. The Balaban J connectivity index is 1.98. The predicted octanol–water partition coefficient (Wildman–Crippen LogP) is 2.67. The normalized spacial score (nSPS) is 12.0. The minimum atomic E-state index is -1.11. The van der Waals surface area contributed by atoms with E-state index < -0.39 is 23.5 Å². The van der Waals surface area contributed by atoms with Gasteiger partial charge in [0.1, 0.15) is 21.5 Å². The van der Waals surface area contributed by atoms with Crippen LogP contribution in [0.4, 0.5) is 5.69 Å². The number of nitrogens with one attached hydrogen (secondary N) is 1. The van der Waals surface area contributed by atoms with E-state index in [1.165, 1.54) is 18.0 Å². The summed E-state index contributed by atoms with van der Waals surface area (Å²) in [7, 11) is 1.50. The van der Waals surface area contributed by atoms with E-state index >= 15 is 0 Å². The molecular formula is C18H17N3O5S. The van der Waals surface area contributed by atoms with Crippen molar-refractivity contribution in [3.8, 4) is 5.75 Å². The van der Waals surface area contributed by atoms with Gasteiger partial charge in [-0.15, -0.1) is 11.3 Å². The number of carbonyl (C=O) groups excluding carboxylic acids is 1. The average Bonchev–Trinajstić information content (AvgIpc) is 2.99. The lowest BCUT2D eigenvalue weighted by atomic mass is 10.2. The number of hydrogen-bond donors (Lipinski definition) is 2. The second-order valence-corrected chi connectivity index (χ2v) is 6.86. The Morgan fingerprint density at radius 1 is 1.33 bits per heavy atom. The lowest BCUT2D eigenvalue weighted by molar-refractivity contribution is -0.118. The number of methoxy groups -OCH3 is 1. The first kappa shape index (κ1) is 18.6. The molecule has 8 nitrogen and oxygen atoms in total. The zero-order valence-corrected chi connectivity index (χ0v) is 15.7. The third kappa shape index (κ3) is 3.28. The summed E-state index contributed by atoms with van der Waals surface area (Å²) in [6.45, 7) is 3.13. The number of aromatic carboxylic acids is 1. The summed E-state index contributed by atoms with van der Waals surface area (Å²) in [6.07, 6.45) is 1.26. The number of carboxylic acid groups (broad SMARTS) is 1. The largest absolute Gasteiger partial charge is 0.495 e. The molecule has 0 saturated heterocycles. The number of para-hydroxylation sites is 2. The van der Waals surface area contributed by atoms with Crippen molar-refractivity contribution in [3.05, 3.63) is 51.4 Å². The van der Waals surface area contributed by atoms with Crippen molar-refractivity contribution in [2.75, 3.05) is 12.4 Å². The topological polar surface area (TPSA) is 111 Å². The highest BCUT2D eigenvalue weighted by molar-refractivity contribution is 7.20. The van der Waals surface area contributed by atoms with Gasteiger partial charge in [0.05, 0.1) is 24.5 Å². The Labute approximate surface area is 158 Å². The van der Waals surface area contributed by atoms with Gasteiger partial charge in [0.25, 0.3) is 5.56 Å². The first-order valence-corrected chi connectivity index (χ1v) is 8.84. The molecular weight excluding hydrogens is 370 g/mol. The van der Waals surface area contributed by atoms with Crippen molar-refractivity contribution < 1.29 is 19.4 Å². The number of carboxylic acids is 1. The molecule has 2 heterocycles. The van der Waals surface area contributed by atoms with Gasteiger partial charge in [-0.2, -0.15) is 0 Å². The highest BCUT2D eigenvalue weighted by Crippen LogP contribution is 2.27. The lowest BCUT2D eigenvalue weighted by Crippen LogP contribution is -2.31. The van der Waals surface area contributed by atoms with Gasteiger partial charge in [-0.05, 0) is 31.5 Å². The molecule has 3 rings (SSSR count). The van der Waals surface area contributed by atoms with Crippen molar-refractivity contribution in [3.63, 3.8) is 0 Å². The zero-order valence-electron chi connectivity index (χ0n) is 14.8. The van der Waals surface area contributed by atoms with E-state index in [1.54, 1.807) is 38.1 Å². The van der Waals surface area contributed by atoms with Gasteiger partial charge in [0.15, 0.2) is 0 Å². The number of ether oxygens (including phenoxy) is 1. The van der Waals surface area contributed by atoms with Crippen LogP contribution in [0.25, 0.3) is 10.2 Å². The van der Waals surface area contributed by atoms with Gasteiger partial charge >= 0.3 is 5.97 Å². The van der Waals surface area contributed by atoms with E-state index in [9.17, 15) is 19.5 Å². The summed E-state index contributed by atoms with van der Waals surface area (Å²) >= 11 is 0.941. The molecule has 0 aliphatic heterocycles. The smallest absolute Gasteiger partial charge is 0.346 e. The maximum absolute atomic E-state index is 12.8. The fraction of sp³-hybridized carbons (Fsp3) is 0.222. The van der Waals surface area contributed by atoms with Gasteiger partial charge in [0.2, 0.25) is 5.91 Å². The van der Waals surface area contributed by atoms with Gasteiger partial charge in [-0.1, -0.05) is 12.1 Å². The SMILES string of the molecule is COc1ccccc1NC(=O)C(C)n1cnc2sc(C(=O)O)c(C)c2c1=O. The number of carbonyl (C=O) groups is 2. The molecule has 1 unspecified atom stereocenters. The van der Waals surface area contributed by atoms with Crippen LogP contribution < -0.4 is 15.6 Å². The average molecular weight is 387 g/mol. The van der Waals surface area contributed by atoms with E-state index in [-0.39, 0.29) is 10.3 Å². The molecule has 9 heteroatoms. The van der Waals surface area contributed by atoms with Gasteiger partial charge < -0.3 is 15.2 Å². The number of benzene rings is 1. The summed E-state index contributed by atoms with van der Waals surface area (Å²) in [5.41, 5.74) is 0.384. The molecule has 0 saturated carbocycles. The molecule has 0 aliphatic rings. The summed E-state index contributed by atoms with van der Waals surface area (Å²) in [6, 6.07) is 6.08. The van der Waals surface area contributed by atoms with E-state index in [4.69, 9.17) is 4.74 Å². The maximum atomic E-state index is 12.8. The highest BCUT2D eigenvalue weighted by atomic mass is 32.1. The number of amides is 1. The zero-order chi connectivity index (χ0) is 19.7. The molecule has 140 valence electrons. The van der Waals surface area contributed by atoms with Gasteiger partial charge in [-0.3, -0.25) is 14.2 Å². The standard InChI is InChI=1S/C18H17N3O5S/c1-9-13-16(27-14(9)18(24)25)19-8-21(17(13)23)10(2)15(22)20-11-6-4-5-7-12(11)26-3/h4-8,10H,1-3H3,(H,20,22)(H,24,25). The minimum absolute atomic E-state index is 0.0680. The minimum Gasteiger partial charge on any atom is -0.495 e. The van der Waals surface area contributed by atoms with Crippen LogP contribution in [-0.4, -0.2) is 33.6 Å². The number of anilines is 1. The monoisotopic (exact) mass is 387 g/mol. The Kier molecular flexibility index (Phi) is 4.95. The lowest BCUT2D eigenvalue weighted by Gasteiger charge is -2.16. The number of aromatic nitrogens is 2. The van der Waals surface area contributed by atoms with Crippen LogP contribution in [0.5, 0.6) is 5.75 Å². The first-order valence-electron chi connectivity index (χ1n) is 8.02. The third-order valence-corrected chi connectivity index (χ3v) is 5.42. The number of fused-ring (bicyclic) bond motifs is 1. The molecule has 27 heavy (non-hydrogen) atoms. The molecule has 3 aromatic rings. The quantitative estimate of drug-likeness (QED) is 0.696. The molecule has 0 fully saturated rings. The van der Waals surface area contributed by atoms with Crippen LogP contribution in [0.15, 0.2) is 35.4 Å². The van der Waals surface area contributed by atoms with Crippen molar-refractivity contribution in [1.29, 1.82) is 0 Å². The van der Waals surface area contributed by atoms with Crippen LogP contribution in [-0.2, 0) is 4.79 Å². The molecule has 1 aromatic carbocycles. The van der Waals surface area contributed by atoms with E-state index in [1.807, 2.05) is 0 Å². The maximum Gasteiger partial charge on any atom is 0.346 e. The Morgan fingerprint density at radius 3 is 2.70 bits per heavy atom. The predicted molar refractivity (Wildman–Crippen MR) is 102 cm³/mol. The Bertz CT molecular complexity index is 1100. The van der Waals surface area contributed by atoms with E-state index in [0.29, 0.717) is 21.8 Å². The fourth-order valence-electron chi connectivity index (χ4n) is 2.73. The fourth-order valence-corrected chi connectivity index (χ4v) is 3.71. The van der Waals surface area contributed by atoms with Crippen LogP contribution in [0.3, 0.4) is 0 Å². The molecule has 2 aromatic heterocycles. The molecule has 0 spiro atoms. The van der Waals surface area contributed by atoms with Crippen LogP contribution in [0.1, 0.15) is 28.2 Å². The summed E-state index contributed by atoms with van der Waals surface area (Å²) in [5.74, 6) is -1.03. The molecule has 0 aliphatic carbocycles.